The van der Waals surface area contributed by atoms with Crippen molar-refractivity contribution in [3.05, 3.63) is 30.1 Å². The maximum atomic E-state index is 13.0. The smallest absolute Gasteiger partial charge is 0.239 e. The second kappa shape index (κ2) is 11.8. The van der Waals surface area contributed by atoms with Gasteiger partial charge in [-0.2, -0.15) is 0 Å². The summed E-state index contributed by atoms with van der Waals surface area (Å²) in [6.07, 6.45) is 0. The first-order valence-corrected chi connectivity index (χ1v) is 8.39. The molecule has 0 aliphatic carbocycles. The molecular weight excluding hydrogens is 402 g/mol. The van der Waals surface area contributed by atoms with Crippen LogP contribution in [-0.4, -0.2) is 74.1 Å². The minimum atomic E-state index is -0.215. The Morgan fingerprint density at radius 2 is 1.50 bits per heavy atom. The summed E-state index contributed by atoms with van der Waals surface area (Å²) in [7, 11) is 0. The van der Waals surface area contributed by atoms with Crippen LogP contribution in [0, 0.1) is 5.82 Å². The van der Waals surface area contributed by atoms with Crippen molar-refractivity contribution in [2.45, 2.75) is 13.0 Å². The second-order valence-electron chi connectivity index (χ2n) is 6.25. The van der Waals surface area contributed by atoms with Crippen molar-refractivity contribution in [3.63, 3.8) is 0 Å². The summed E-state index contributed by atoms with van der Waals surface area (Å²) in [5.41, 5.74) is 1.02. The molecule has 0 aromatic heterocycles. The number of hydrogen-bond donors (Lipinski definition) is 1. The maximum Gasteiger partial charge on any atom is 0.239 e. The molecule has 0 bridgehead atoms. The van der Waals surface area contributed by atoms with E-state index < -0.39 is 0 Å². The molecule has 2 saturated heterocycles. The SMILES string of the molecule is CC(C(=O)N1CCN(c2ccc(F)cc2)CC1)N1CCNCC1.Cl.Cl.Cl. The fourth-order valence-electron chi connectivity index (χ4n) is 3.33. The Morgan fingerprint density at radius 1 is 0.962 bits per heavy atom. The highest BCUT2D eigenvalue weighted by Gasteiger charge is 2.29. The number of piperazine rings is 2. The average molecular weight is 430 g/mol. The van der Waals surface area contributed by atoms with Gasteiger partial charge >= 0.3 is 0 Å². The van der Waals surface area contributed by atoms with E-state index in [-0.39, 0.29) is 55.0 Å². The zero-order chi connectivity index (χ0) is 16.2. The molecule has 0 radical (unpaired) electrons. The van der Waals surface area contributed by atoms with E-state index in [1.165, 1.54) is 12.1 Å². The number of carbonyl (C=O) groups is 1. The predicted molar refractivity (Wildman–Crippen MR) is 111 cm³/mol. The highest BCUT2D eigenvalue weighted by atomic mass is 35.5. The maximum absolute atomic E-state index is 13.0. The van der Waals surface area contributed by atoms with Crippen LogP contribution in [0.25, 0.3) is 0 Å². The number of halogens is 4. The monoisotopic (exact) mass is 428 g/mol. The van der Waals surface area contributed by atoms with Gasteiger partial charge in [0.15, 0.2) is 0 Å². The molecule has 1 unspecified atom stereocenters. The van der Waals surface area contributed by atoms with Crippen LogP contribution in [0.15, 0.2) is 24.3 Å². The molecule has 1 atom stereocenters. The van der Waals surface area contributed by atoms with Crippen molar-refractivity contribution in [2.75, 3.05) is 57.3 Å². The van der Waals surface area contributed by atoms with Gasteiger partial charge in [-0.25, -0.2) is 4.39 Å². The molecule has 150 valence electrons. The summed E-state index contributed by atoms with van der Waals surface area (Å²) >= 11 is 0. The molecule has 0 saturated carbocycles. The van der Waals surface area contributed by atoms with E-state index in [0.717, 1.165) is 58.0 Å². The van der Waals surface area contributed by atoms with E-state index in [0.29, 0.717) is 0 Å². The minimum absolute atomic E-state index is 0. The third-order valence-electron chi connectivity index (χ3n) is 4.84. The first-order chi connectivity index (χ1) is 11.1. The summed E-state index contributed by atoms with van der Waals surface area (Å²) in [6.45, 7) is 8.84. The van der Waals surface area contributed by atoms with E-state index in [1.54, 1.807) is 12.1 Å². The van der Waals surface area contributed by atoms with Gasteiger partial charge in [0.1, 0.15) is 5.82 Å². The molecule has 0 spiro atoms. The fourth-order valence-corrected chi connectivity index (χ4v) is 3.33. The van der Waals surface area contributed by atoms with Gasteiger partial charge in [0.25, 0.3) is 0 Å². The van der Waals surface area contributed by atoms with Gasteiger partial charge in [0.2, 0.25) is 5.91 Å². The Morgan fingerprint density at radius 3 is 2.04 bits per heavy atom. The Hall–Kier alpha value is -0.790. The number of benzene rings is 1. The Kier molecular flexibility index (Phi) is 11.5. The van der Waals surface area contributed by atoms with Crippen molar-refractivity contribution in [1.29, 1.82) is 0 Å². The van der Waals surface area contributed by atoms with Crippen LogP contribution in [-0.2, 0) is 4.79 Å². The molecule has 3 rings (SSSR count). The highest BCUT2D eigenvalue weighted by Crippen LogP contribution is 2.17. The zero-order valence-electron chi connectivity index (χ0n) is 14.9. The van der Waals surface area contributed by atoms with Gasteiger partial charge in [-0.1, -0.05) is 0 Å². The number of rotatable bonds is 3. The standard InChI is InChI=1S/C17H25FN4O.3ClH/c1-14(20-8-6-19-7-9-20)17(23)22-12-10-21(11-13-22)16-4-2-15(18)3-5-16;;;/h2-5,14,19H,6-13H2,1H3;3*1H. The van der Waals surface area contributed by atoms with Gasteiger partial charge in [-0.15, -0.1) is 37.2 Å². The van der Waals surface area contributed by atoms with Crippen LogP contribution in [0.5, 0.6) is 0 Å². The Balaban J connectivity index is 0.00000208. The fraction of sp³-hybridized carbons (Fsp3) is 0.588. The highest BCUT2D eigenvalue weighted by molar-refractivity contribution is 5.86. The van der Waals surface area contributed by atoms with Crippen LogP contribution in [0.2, 0.25) is 0 Å². The van der Waals surface area contributed by atoms with Crippen LogP contribution in [0.3, 0.4) is 0 Å². The van der Waals surface area contributed by atoms with Crippen LogP contribution < -0.4 is 10.2 Å². The number of nitrogens with one attached hydrogen (secondary N) is 1. The molecule has 1 aromatic carbocycles. The zero-order valence-corrected chi connectivity index (χ0v) is 17.3. The summed E-state index contributed by atoms with van der Waals surface area (Å²) in [6, 6.07) is 6.53. The first kappa shape index (κ1) is 25.2. The lowest BCUT2D eigenvalue weighted by Crippen LogP contribution is -2.57. The summed E-state index contributed by atoms with van der Waals surface area (Å²) < 4.78 is 13.0. The van der Waals surface area contributed by atoms with Gasteiger partial charge in [-0.05, 0) is 31.2 Å². The predicted octanol–water partition coefficient (Wildman–Crippen LogP) is 2.03. The summed E-state index contributed by atoms with van der Waals surface area (Å²) in [5, 5.41) is 3.32. The second-order valence-corrected chi connectivity index (χ2v) is 6.25. The molecule has 1 N–H and O–H groups in total. The number of amides is 1. The molecule has 9 heteroatoms. The first-order valence-electron chi connectivity index (χ1n) is 8.39. The van der Waals surface area contributed by atoms with Crippen LogP contribution in [0.1, 0.15) is 6.92 Å². The van der Waals surface area contributed by atoms with E-state index in [4.69, 9.17) is 0 Å². The largest absolute Gasteiger partial charge is 0.368 e. The topological polar surface area (TPSA) is 38.8 Å². The van der Waals surface area contributed by atoms with Gasteiger partial charge in [0, 0.05) is 58.0 Å². The average Bonchev–Trinajstić information content (AvgIpc) is 2.62. The lowest BCUT2D eigenvalue weighted by Gasteiger charge is -2.39. The van der Waals surface area contributed by atoms with E-state index >= 15 is 0 Å². The molecule has 2 aliphatic rings. The third kappa shape index (κ3) is 6.13. The number of hydrogen-bond acceptors (Lipinski definition) is 4. The van der Waals surface area contributed by atoms with Gasteiger partial charge in [0.05, 0.1) is 6.04 Å². The number of carbonyl (C=O) groups excluding carboxylic acids is 1. The Labute approximate surface area is 173 Å². The van der Waals surface area contributed by atoms with Crippen molar-refractivity contribution in [1.82, 2.24) is 15.1 Å². The summed E-state index contributed by atoms with van der Waals surface area (Å²) in [5.74, 6) is 0.0121. The minimum Gasteiger partial charge on any atom is -0.368 e. The normalized spacial score (nSPS) is 18.8. The van der Waals surface area contributed by atoms with E-state index in [9.17, 15) is 9.18 Å². The lowest BCUT2D eigenvalue weighted by atomic mass is 10.2. The molecule has 5 nitrogen and oxygen atoms in total. The molecule has 1 aromatic rings. The van der Waals surface area contributed by atoms with Gasteiger partial charge < -0.3 is 15.1 Å². The molecule has 26 heavy (non-hydrogen) atoms. The molecule has 2 aliphatic heterocycles. The molecule has 1 amide bonds. The van der Waals surface area contributed by atoms with Crippen LogP contribution in [0.4, 0.5) is 10.1 Å². The van der Waals surface area contributed by atoms with Crippen molar-refractivity contribution >= 4 is 48.8 Å². The van der Waals surface area contributed by atoms with Crippen molar-refractivity contribution in [2.24, 2.45) is 0 Å². The quantitative estimate of drug-likeness (QED) is 0.798. The van der Waals surface area contributed by atoms with Crippen molar-refractivity contribution < 1.29 is 9.18 Å². The number of nitrogens with zero attached hydrogens (tertiary/aromatic N) is 3. The van der Waals surface area contributed by atoms with Crippen molar-refractivity contribution in [3.8, 4) is 0 Å². The number of anilines is 1. The van der Waals surface area contributed by atoms with Gasteiger partial charge in [-0.3, -0.25) is 9.69 Å². The molecular formula is C17H28Cl3FN4O. The van der Waals surface area contributed by atoms with Crippen LogP contribution >= 0.6 is 37.2 Å². The summed E-state index contributed by atoms with van der Waals surface area (Å²) in [4.78, 5) is 19.1. The van der Waals surface area contributed by atoms with E-state index in [1.807, 2.05) is 11.8 Å². The third-order valence-corrected chi connectivity index (χ3v) is 4.84. The molecule has 2 heterocycles. The lowest BCUT2D eigenvalue weighted by molar-refractivity contribution is -0.137. The Bertz CT molecular complexity index is 535. The van der Waals surface area contributed by atoms with E-state index in [2.05, 4.69) is 15.1 Å². The molecule has 2 fully saturated rings.